The third-order valence-electron chi connectivity index (χ3n) is 3.50. The van der Waals surface area contributed by atoms with Gasteiger partial charge in [-0.1, -0.05) is 24.3 Å². The number of hydrogen-bond donors (Lipinski definition) is 1. The Morgan fingerprint density at radius 3 is 2.88 bits per heavy atom. The van der Waals surface area contributed by atoms with Crippen LogP contribution in [-0.4, -0.2) is 25.1 Å². The number of benzene rings is 2. The first-order valence-electron chi connectivity index (χ1n) is 7.55. The van der Waals surface area contributed by atoms with Gasteiger partial charge in [-0.3, -0.25) is 4.79 Å². The summed E-state index contributed by atoms with van der Waals surface area (Å²) in [4.78, 5) is 23.9. The Labute approximate surface area is 144 Å². The SMILES string of the molecule is N#Cc1cccc(NC(=O)COC(=O)C2=Cc3ccccc3OC2)c1. The van der Waals surface area contributed by atoms with Crippen molar-refractivity contribution in [3.8, 4) is 11.8 Å². The molecule has 0 aliphatic carbocycles. The Morgan fingerprint density at radius 1 is 1.20 bits per heavy atom. The molecule has 1 heterocycles. The molecule has 2 aromatic rings. The zero-order chi connectivity index (χ0) is 17.6. The summed E-state index contributed by atoms with van der Waals surface area (Å²) in [6.45, 7) is -0.323. The summed E-state index contributed by atoms with van der Waals surface area (Å²) in [5, 5.41) is 11.4. The second-order valence-corrected chi connectivity index (χ2v) is 5.31. The molecule has 0 spiro atoms. The van der Waals surface area contributed by atoms with Crippen LogP contribution in [0, 0.1) is 11.3 Å². The number of ether oxygens (including phenoxy) is 2. The number of nitrogens with one attached hydrogen (secondary N) is 1. The van der Waals surface area contributed by atoms with Crippen molar-refractivity contribution in [3.63, 3.8) is 0 Å². The van der Waals surface area contributed by atoms with Crippen molar-refractivity contribution in [1.29, 1.82) is 5.26 Å². The Balaban J connectivity index is 1.56. The van der Waals surface area contributed by atoms with Gasteiger partial charge in [0.15, 0.2) is 6.61 Å². The van der Waals surface area contributed by atoms with Gasteiger partial charge in [-0.05, 0) is 30.3 Å². The van der Waals surface area contributed by atoms with Crippen molar-refractivity contribution in [2.45, 2.75) is 0 Å². The molecule has 1 amide bonds. The highest BCUT2D eigenvalue weighted by atomic mass is 16.5. The number of anilines is 1. The molecule has 124 valence electrons. The molecule has 1 N–H and O–H groups in total. The summed E-state index contributed by atoms with van der Waals surface area (Å²) in [5.74, 6) is -0.384. The molecule has 6 nitrogen and oxygen atoms in total. The molecule has 1 aliphatic rings. The summed E-state index contributed by atoms with van der Waals surface area (Å²) in [7, 11) is 0. The van der Waals surface area contributed by atoms with Gasteiger partial charge in [0.2, 0.25) is 0 Å². The van der Waals surface area contributed by atoms with Gasteiger partial charge in [-0.2, -0.15) is 5.26 Å². The van der Waals surface area contributed by atoms with Crippen molar-refractivity contribution in [2.75, 3.05) is 18.5 Å². The van der Waals surface area contributed by atoms with Crippen molar-refractivity contribution in [1.82, 2.24) is 0 Å². The lowest BCUT2D eigenvalue weighted by Crippen LogP contribution is -2.23. The first-order chi connectivity index (χ1) is 12.2. The first-order valence-corrected chi connectivity index (χ1v) is 7.55. The minimum atomic E-state index is -0.601. The van der Waals surface area contributed by atoms with Gasteiger partial charge in [-0.25, -0.2) is 4.79 Å². The molecule has 0 bridgehead atoms. The Kier molecular flexibility index (Phi) is 4.77. The Bertz CT molecular complexity index is 896. The molecule has 1 aliphatic heterocycles. The molecule has 6 heteroatoms. The molecule has 2 aromatic carbocycles. The fourth-order valence-corrected chi connectivity index (χ4v) is 2.32. The molecule has 3 rings (SSSR count). The van der Waals surface area contributed by atoms with Crippen LogP contribution in [0.1, 0.15) is 11.1 Å². The third kappa shape index (κ3) is 4.03. The predicted molar refractivity (Wildman–Crippen MR) is 90.7 cm³/mol. The number of para-hydroxylation sites is 1. The van der Waals surface area contributed by atoms with Crippen molar-refractivity contribution >= 4 is 23.6 Å². The van der Waals surface area contributed by atoms with E-state index in [0.717, 1.165) is 5.56 Å². The highest BCUT2D eigenvalue weighted by Gasteiger charge is 2.19. The zero-order valence-corrected chi connectivity index (χ0v) is 13.2. The van der Waals surface area contributed by atoms with Gasteiger partial charge in [0.1, 0.15) is 12.4 Å². The number of fused-ring (bicyclic) bond motifs is 1. The van der Waals surface area contributed by atoms with Crippen LogP contribution in [0.25, 0.3) is 6.08 Å². The highest BCUT2D eigenvalue weighted by molar-refractivity contribution is 5.98. The van der Waals surface area contributed by atoms with Crippen molar-refractivity contribution in [2.24, 2.45) is 0 Å². The molecule has 0 aromatic heterocycles. The lowest BCUT2D eigenvalue weighted by atomic mass is 10.1. The number of carbonyl (C=O) groups is 2. The monoisotopic (exact) mass is 334 g/mol. The standard InChI is InChI=1S/C19H14N2O4/c20-10-13-4-3-6-16(8-13)21-18(22)12-25-19(23)15-9-14-5-1-2-7-17(14)24-11-15/h1-9H,11-12H2,(H,21,22). The Morgan fingerprint density at radius 2 is 2.04 bits per heavy atom. The van der Waals surface area contributed by atoms with E-state index in [0.29, 0.717) is 22.6 Å². The molecule has 0 saturated carbocycles. The number of amides is 1. The normalized spacial score (nSPS) is 12.0. The molecule has 0 radical (unpaired) electrons. The lowest BCUT2D eigenvalue weighted by Gasteiger charge is -2.16. The van der Waals surface area contributed by atoms with E-state index in [9.17, 15) is 9.59 Å². The van der Waals surface area contributed by atoms with Gasteiger partial charge in [0.05, 0.1) is 17.2 Å². The molecular formula is C19H14N2O4. The largest absolute Gasteiger partial charge is 0.488 e. The number of nitriles is 1. The van der Waals surface area contributed by atoms with Crippen LogP contribution in [0.15, 0.2) is 54.1 Å². The van der Waals surface area contributed by atoms with Crippen LogP contribution in [0.4, 0.5) is 5.69 Å². The lowest BCUT2D eigenvalue weighted by molar-refractivity contribution is -0.143. The number of carbonyl (C=O) groups excluding carboxylic acids is 2. The number of rotatable bonds is 4. The van der Waals surface area contributed by atoms with Crippen LogP contribution in [-0.2, 0) is 14.3 Å². The number of nitrogens with zero attached hydrogens (tertiary/aromatic N) is 1. The highest BCUT2D eigenvalue weighted by Crippen LogP contribution is 2.26. The minimum Gasteiger partial charge on any atom is -0.488 e. The van der Waals surface area contributed by atoms with Gasteiger partial charge >= 0.3 is 5.97 Å². The van der Waals surface area contributed by atoms with Crippen molar-refractivity contribution < 1.29 is 19.1 Å². The predicted octanol–water partition coefficient (Wildman–Crippen LogP) is 2.52. The van der Waals surface area contributed by atoms with Gasteiger partial charge in [0, 0.05) is 11.3 Å². The van der Waals surface area contributed by atoms with Crippen molar-refractivity contribution in [3.05, 3.63) is 65.2 Å². The second-order valence-electron chi connectivity index (χ2n) is 5.31. The third-order valence-corrected chi connectivity index (χ3v) is 3.50. The summed E-state index contributed by atoms with van der Waals surface area (Å²) in [6, 6.07) is 15.8. The summed E-state index contributed by atoms with van der Waals surface area (Å²) < 4.78 is 10.5. The summed E-state index contributed by atoms with van der Waals surface area (Å²) in [6.07, 6.45) is 1.69. The number of hydrogen-bond acceptors (Lipinski definition) is 5. The Hall–Kier alpha value is -3.59. The van der Waals surface area contributed by atoms with Crippen LogP contribution >= 0.6 is 0 Å². The molecular weight excluding hydrogens is 320 g/mol. The van der Waals surface area contributed by atoms with E-state index in [1.807, 2.05) is 30.3 Å². The average molecular weight is 334 g/mol. The quantitative estimate of drug-likeness (QED) is 0.868. The fraction of sp³-hybridized carbons (Fsp3) is 0.105. The summed E-state index contributed by atoms with van der Waals surface area (Å²) in [5.41, 5.74) is 2.03. The van der Waals surface area contributed by atoms with Crippen LogP contribution in [0.5, 0.6) is 5.75 Å². The van der Waals surface area contributed by atoms with E-state index in [1.54, 1.807) is 24.3 Å². The first kappa shape index (κ1) is 16.3. The average Bonchev–Trinajstić information content (AvgIpc) is 2.65. The molecule has 0 unspecified atom stereocenters. The summed E-state index contributed by atoms with van der Waals surface area (Å²) >= 11 is 0. The van der Waals surface area contributed by atoms with Gasteiger partial charge in [0.25, 0.3) is 5.91 Å². The fourth-order valence-electron chi connectivity index (χ4n) is 2.32. The van der Waals surface area contributed by atoms with Gasteiger partial charge < -0.3 is 14.8 Å². The minimum absolute atomic E-state index is 0.0989. The smallest absolute Gasteiger partial charge is 0.338 e. The van der Waals surface area contributed by atoms with E-state index < -0.39 is 18.5 Å². The topological polar surface area (TPSA) is 88.4 Å². The molecule has 25 heavy (non-hydrogen) atoms. The van der Waals surface area contributed by atoms with E-state index >= 15 is 0 Å². The van der Waals surface area contributed by atoms with E-state index in [2.05, 4.69) is 5.32 Å². The maximum Gasteiger partial charge on any atom is 0.338 e. The van der Waals surface area contributed by atoms with Crippen LogP contribution in [0.3, 0.4) is 0 Å². The van der Waals surface area contributed by atoms with E-state index in [4.69, 9.17) is 14.7 Å². The van der Waals surface area contributed by atoms with E-state index in [1.165, 1.54) is 6.07 Å². The van der Waals surface area contributed by atoms with Gasteiger partial charge in [-0.15, -0.1) is 0 Å². The molecule has 0 atom stereocenters. The van der Waals surface area contributed by atoms with E-state index in [-0.39, 0.29) is 6.61 Å². The number of esters is 1. The maximum atomic E-state index is 12.1. The molecule has 0 saturated heterocycles. The second kappa shape index (κ2) is 7.32. The molecule has 0 fully saturated rings. The van der Waals surface area contributed by atoms with Crippen LogP contribution in [0.2, 0.25) is 0 Å². The maximum absolute atomic E-state index is 12.1. The zero-order valence-electron chi connectivity index (χ0n) is 13.2. The van der Waals surface area contributed by atoms with Crippen LogP contribution < -0.4 is 10.1 Å².